The van der Waals surface area contributed by atoms with Crippen molar-refractivity contribution in [3.05, 3.63) is 48.6 Å². The van der Waals surface area contributed by atoms with E-state index in [1.165, 1.54) is 57.4 Å². The Morgan fingerprint density at radius 3 is 2.00 bits per heavy atom. The van der Waals surface area contributed by atoms with Crippen molar-refractivity contribution in [2.45, 2.75) is 91.7 Å². The molecule has 0 radical (unpaired) electrons. The Hall–Kier alpha value is -0.321. The number of rotatable bonds is 18. The summed E-state index contributed by atoms with van der Waals surface area (Å²) in [4.78, 5) is 0. The van der Waals surface area contributed by atoms with Crippen LogP contribution in [0.5, 0.6) is 0 Å². The van der Waals surface area contributed by atoms with Gasteiger partial charge in [-0.05, 0) is 0 Å². The molecule has 0 aromatic heterocycles. The molecule has 0 aliphatic rings. The number of unbranched alkanes of at least 4 members (excludes halogenated alkanes) is 3. The van der Waals surface area contributed by atoms with E-state index in [-0.39, 0.29) is 6.10 Å². The zero-order valence-electron chi connectivity index (χ0n) is 18.8. The Balaban J connectivity index is 2.51. The second-order valence-corrected chi connectivity index (χ2v) is 21.9. The Morgan fingerprint density at radius 2 is 1.50 bits per heavy atom. The SMILES string of the molecule is C=CC(CCOCc1ccccc1)O[CH2][Sn]([CH2]CCC)([CH2]CCC)[CH2]CCC. The van der Waals surface area contributed by atoms with Gasteiger partial charge in [0, 0.05) is 0 Å². The molecule has 0 heterocycles. The van der Waals surface area contributed by atoms with E-state index in [2.05, 4.69) is 51.6 Å². The van der Waals surface area contributed by atoms with Crippen LogP contribution < -0.4 is 0 Å². The molecule has 160 valence electrons. The average molecular weight is 495 g/mol. The fraction of sp³-hybridized carbons (Fsp3) is 0.680. The molecular weight excluding hydrogens is 451 g/mol. The van der Waals surface area contributed by atoms with E-state index in [0.29, 0.717) is 6.61 Å². The molecule has 2 nitrogen and oxygen atoms in total. The van der Waals surface area contributed by atoms with Gasteiger partial charge in [0.25, 0.3) is 0 Å². The molecule has 1 rings (SSSR count). The first kappa shape index (κ1) is 25.7. The van der Waals surface area contributed by atoms with Crippen molar-refractivity contribution >= 4 is 18.4 Å². The first-order chi connectivity index (χ1) is 13.7. The van der Waals surface area contributed by atoms with Crippen LogP contribution in [0.1, 0.15) is 71.3 Å². The van der Waals surface area contributed by atoms with Gasteiger partial charge in [0.15, 0.2) is 0 Å². The maximum absolute atomic E-state index is 6.50. The van der Waals surface area contributed by atoms with Gasteiger partial charge < -0.3 is 0 Å². The van der Waals surface area contributed by atoms with Crippen LogP contribution in [0.25, 0.3) is 0 Å². The van der Waals surface area contributed by atoms with Crippen molar-refractivity contribution < 1.29 is 9.47 Å². The second-order valence-electron chi connectivity index (χ2n) is 8.22. The minimum atomic E-state index is -2.21. The topological polar surface area (TPSA) is 18.5 Å². The summed E-state index contributed by atoms with van der Waals surface area (Å²) in [5.41, 5.74) is 1.23. The van der Waals surface area contributed by atoms with Crippen molar-refractivity contribution in [2.24, 2.45) is 0 Å². The quantitative estimate of drug-likeness (QED) is 0.119. The van der Waals surface area contributed by atoms with E-state index in [1.54, 1.807) is 0 Å². The van der Waals surface area contributed by atoms with E-state index in [4.69, 9.17) is 9.47 Å². The molecule has 1 aromatic rings. The summed E-state index contributed by atoms with van der Waals surface area (Å²) in [6, 6.07) is 10.4. The zero-order chi connectivity index (χ0) is 20.5. The van der Waals surface area contributed by atoms with Crippen molar-refractivity contribution in [1.29, 1.82) is 0 Å². The number of ether oxygens (including phenoxy) is 2. The normalized spacial score (nSPS) is 12.8. The first-order valence-electron chi connectivity index (χ1n) is 11.6. The van der Waals surface area contributed by atoms with Crippen LogP contribution in [0.15, 0.2) is 43.0 Å². The van der Waals surface area contributed by atoms with Gasteiger partial charge in [-0.3, -0.25) is 0 Å². The van der Waals surface area contributed by atoms with Gasteiger partial charge in [0.2, 0.25) is 0 Å². The van der Waals surface area contributed by atoms with Gasteiger partial charge in [0.1, 0.15) is 0 Å². The average Bonchev–Trinajstić information content (AvgIpc) is 2.74. The Kier molecular flexibility index (Phi) is 15.1. The summed E-state index contributed by atoms with van der Waals surface area (Å²) >= 11 is -2.21. The molecule has 0 fully saturated rings. The van der Waals surface area contributed by atoms with E-state index in [9.17, 15) is 0 Å². The predicted octanol–water partition coefficient (Wildman–Crippen LogP) is 7.55. The molecule has 1 atom stereocenters. The molecule has 0 aliphatic heterocycles. The Labute approximate surface area is 179 Å². The molecule has 0 spiro atoms. The van der Waals surface area contributed by atoms with Gasteiger partial charge >= 0.3 is 179 Å². The van der Waals surface area contributed by atoms with E-state index in [1.807, 2.05) is 12.1 Å². The predicted molar refractivity (Wildman–Crippen MR) is 126 cm³/mol. The summed E-state index contributed by atoms with van der Waals surface area (Å²) < 4.78 is 17.9. The second kappa shape index (κ2) is 16.5. The number of hydrogen-bond acceptors (Lipinski definition) is 2. The van der Waals surface area contributed by atoms with Gasteiger partial charge in [0.05, 0.1) is 0 Å². The summed E-state index contributed by atoms with van der Waals surface area (Å²) in [6.45, 7) is 12.4. The first-order valence-corrected chi connectivity index (χ1v) is 19.6. The maximum atomic E-state index is 6.50. The molecule has 1 unspecified atom stereocenters. The van der Waals surface area contributed by atoms with E-state index < -0.39 is 18.4 Å². The fourth-order valence-corrected chi connectivity index (χ4v) is 18.2. The van der Waals surface area contributed by atoms with Crippen LogP contribution in [0.3, 0.4) is 0 Å². The van der Waals surface area contributed by atoms with Gasteiger partial charge in [-0.1, -0.05) is 0 Å². The van der Waals surface area contributed by atoms with Crippen LogP contribution in [-0.4, -0.2) is 35.7 Å². The molecule has 0 amide bonds. The third-order valence-electron chi connectivity index (χ3n) is 5.71. The fourth-order valence-electron chi connectivity index (χ4n) is 3.76. The number of hydrogen-bond donors (Lipinski definition) is 0. The zero-order valence-corrected chi connectivity index (χ0v) is 21.6. The van der Waals surface area contributed by atoms with Crippen LogP contribution in [0.4, 0.5) is 0 Å². The molecule has 1 aromatic carbocycles. The van der Waals surface area contributed by atoms with Crippen molar-refractivity contribution in [1.82, 2.24) is 0 Å². The molecule has 3 heteroatoms. The summed E-state index contributed by atoms with van der Waals surface area (Å²) in [6.07, 6.45) is 11.2. The summed E-state index contributed by atoms with van der Waals surface area (Å²) in [7, 11) is 0. The summed E-state index contributed by atoms with van der Waals surface area (Å²) in [5, 5.41) is 0. The molecule has 0 saturated carbocycles. The Morgan fingerprint density at radius 1 is 0.929 bits per heavy atom. The van der Waals surface area contributed by atoms with Gasteiger partial charge in [-0.25, -0.2) is 0 Å². The third-order valence-corrected chi connectivity index (χ3v) is 20.0. The van der Waals surface area contributed by atoms with Gasteiger partial charge in [-0.15, -0.1) is 0 Å². The summed E-state index contributed by atoms with van der Waals surface area (Å²) in [5.74, 6) is 0. The van der Waals surface area contributed by atoms with Crippen molar-refractivity contribution in [2.75, 3.05) is 11.2 Å². The molecule has 0 N–H and O–H groups in total. The standard InChI is InChI=1S/C13H17O2.3C4H9.Sn/c1-3-13(14-2)9-10-15-11-12-7-5-4-6-8-12;3*1-3-4-2;/h3-8,13H,1-2,9-11H2;3*1,3-4H2,2H3;. The van der Waals surface area contributed by atoms with Crippen LogP contribution >= 0.6 is 0 Å². The van der Waals surface area contributed by atoms with Crippen LogP contribution in [0, 0.1) is 0 Å². The molecule has 0 bridgehead atoms. The Bertz CT molecular complexity index is 467. The molecule has 0 saturated heterocycles. The van der Waals surface area contributed by atoms with Crippen LogP contribution in [0.2, 0.25) is 13.3 Å². The molecule has 0 aliphatic carbocycles. The van der Waals surface area contributed by atoms with Crippen molar-refractivity contribution in [3.8, 4) is 0 Å². The van der Waals surface area contributed by atoms with Crippen molar-refractivity contribution in [3.63, 3.8) is 0 Å². The van der Waals surface area contributed by atoms with Gasteiger partial charge in [-0.2, -0.15) is 0 Å². The third kappa shape index (κ3) is 11.0. The minimum absolute atomic E-state index is 0.136. The molecule has 28 heavy (non-hydrogen) atoms. The van der Waals surface area contributed by atoms with E-state index in [0.717, 1.165) is 17.7 Å². The molecular formula is C25H44O2Sn. The number of benzene rings is 1. The monoisotopic (exact) mass is 496 g/mol. The van der Waals surface area contributed by atoms with Crippen LogP contribution in [-0.2, 0) is 16.1 Å². The van der Waals surface area contributed by atoms with E-state index >= 15 is 0 Å².